The highest BCUT2D eigenvalue weighted by molar-refractivity contribution is 7.89. The number of ether oxygens (including phenoxy) is 1. The van der Waals surface area contributed by atoms with Gasteiger partial charge in [0.05, 0.1) is 9.82 Å². The average Bonchev–Trinajstić information content (AvgIpc) is 3.18. The second-order valence-electron chi connectivity index (χ2n) is 6.10. The van der Waals surface area contributed by atoms with Gasteiger partial charge in [-0.2, -0.15) is 4.31 Å². The number of rotatable bonds is 6. The van der Waals surface area contributed by atoms with Crippen LogP contribution in [0.15, 0.2) is 47.4 Å². The Labute approximate surface area is 152 Å². The van der Waals surface area contributed by atoms with Crippen LogP contribution in [-0.2, 0) is 16.4 Å². The van der Waals surface area contributed by atoms with Gasteiger partial charge < -0.3 is 4.74 Å². The predicted octanol–water partition coefficient (Wildman–Crippen LogP) is 3.73. The second-order valence-corrected chi connectivity index (χ2v) is 8.04. The van der Waals surface area contributed by atoms with Crippen molar-refractivity contribution >= 4 is 15.7 Å². The molecule has 1 heterocycles. The van der Waals surface area contributed by atoms with Crippen LogP contribution in [0.5, 0.6) is 11.5 Å². The highest BCUT2D eigenvalue weighted by atomic mass is 32.2. The van der Waals surface area contributed by atoms with Crippen LogP contribution in [0.3, 0.4) is 0 Å². The van der Waals surface area contributed by atoms with Gasteiger partial charge in [-0.25, -0.2) is 8.42 Å². The Kier molecular flexibility index (Phi) is 5.24. The molecule has 0 atom stereocenters. The van der Waals surface area contributed by atoms with E-state index in [1.807, 2.05) is 19.1 Å². The van der Waals surface area contributed by atoms with Crippen molar-refractivity contribution in [2.45, 2.75) is 31.1 Å². The normalized spacial score (nSPS) is 15.1. The monoisotopic (exact) mass is 376 g/mol. The van der Waals surface area contributed by atoms with Gasteiger partial charge in [-0.1, -0.05) is 19.1 Å². The largest absolute Gasteiger partial charge is 0.450 e. The highest BCUT2D eigenvalue weighted by Gasteiger charge is 2.29. The van der Waals surface area contributed by atoms with Gasteiger partial charge >= 0.3 is 5.69 Å². The summed E-state index contributed by atoms with van der Waals surface area (Å²) in [7, 11) is -3.72. The fourth-order valence-corrected chi connectivity index (χ4v) is 4.42. The summed E-state index contributed by atoms with van der Waals surface area (Å²) in [4.78, 5) is 10.7. The van der Waals surface area contributed by atoms with Crippen LogP contribution in [0.4, 0.5) is 5.69 Å². The van der Waals surface area contributed by atoms with E-state index in [4.69, 9.17) is 4.74 Å². The molecule has 1 aliphatic heterocycles. The molecular weight excluding hydrogens is 356 g/mol. The fourth-order valence-electron chi connectivity index (χ4n) is 2.88. The summed E-state index contributed by atoms with van der Waals surface area (Å²) in [5, 5.41) is 11.4. The summed E-state index contributed by atoms with van der Waals surface area (Å²) >= 11 is 0. The van der Waals surface area contributed by atoms with Crippen LogP contribution in [0, 0.1) is 10.1 Å². The number of hydrogen-bond donors (Lipinski definition) is 0. The lowest BCUT2D eigenvalue weighted by molar-refractivity contribution is -0.385. The summed E-state index contributed by atoms with van der Waals surface area (Å²) in [6, 6.07) is 11.0. The first-order valence-corrected chi connectivity index (χ1v) is 9.91. The molecule has 0 spiro atoms. The first kappa shape index (κ1) is 18.3. The zero-order valence-electron chi connectivity index (χ0n) is 14.4. The van der Waals surface area contributed by atoms with Gasteiger partial charge in [0.2, 0.25) is 15.8 Å². The Morgan fingerprint density at radius 1 is 1.12 bits per heavy atom. The Morgan fingerprint density at radius 2 is 1.77 bits per heavy atom. The number of nitrogens with zero attached hydrogens (tertiary/aromatic N) is 2. The first-order valence-electron chi connectivity index (χ1n) is 8.47. The molecule has 0 bridgehead atoms. The van der Waals surface area contributed by atoms with Gasteiger partial charge in [0.25, 0.3) is 0 Å². The molecule has 0 unspecified atom stereocenters. The summed E-state index contributed by atoms with van der Waals surface area (Å²) in [5.74, 6) is 0.472. The SMILES string of the molecule is CCc1ccc(Oc2ccc(S(=O)(=O)N3CCCC3)cc2[N+](=O)[O-])cc1. The molecule has 0 radical (unpaired) electrons. The molecular formula is C18H20N2O5S. The molecule has 0 N–H and O–H groups in total. The molecule has 1 fully saturated rings. The minimum Gasteiger partial charge on any atom is -0.450 e. The zero-order chi connectivity index (χ0) is 18.7. The minimum absolute atomic E-state index is 0.0135. The summed E-state index contributed by atoms with van der Waals surface area (Å²) in [5.41, 5.74) is 0.753. The van der Waals surface area contributed by atoms with Crippen LogP contribution in [0.1, 0.15) is 25.3 Å². The quantitative estimate of drug-likeness (QED) is 0.566. The molecule has 1 saturated heterocycles. The van der Waals surface area contributed by atoms with Gasteiger partial charge in [0.1, 0.15) is 5.75 Å². The molecule has 0 amide bonds. The van der Waals surface area contributed by atoms with Crippen molar-refractivity contribution in [1.29, 1.82) is 0 Å². The summed E-state index contributed by atoms with van der Waals surface area (Å²) in [6.07, 6.45) is 2.48. The minimum atomic E-state index is -3.72. The van der Waals surface area contributed by atoms with E-state index in [1.54, 1.807) is 12.1 Å². The van der Waals surface area contributed by atoms with Crippen molar-refractivity contribution in [3.8, 4) is 11.5 Å². The van der Waals surface area contributed by atoms with E-state index in [-0.39, 0.29) is 16.3 Å². The molecule has 3 rings (SSSR count). The third kappa shape index (κ3) is 3.71. The van der Waals surface area contributed by atoms with Crippen molar-refractivity contribution in [1.82, 2.24) is 4.31 Å². The molecule has 1 aliphatic rings. The molecule has 0 aliphatic carbocycles. The van der Waals surface area contributed by atoms with Crippen LogP contribution in [0.2, 0.25) is 0 Å². The van der Waals surface area contributed by atoms with Crippen LogP contribution < -0.4 is 4.74 Å². The smallest absolute Gasteiger partial charge is 0.312 e. The first-order chi connectivity index (χ1) is 12.4. The lowest BCUT2D eigenvalue weighted by Gasteiger charge is -2.16. The molecule has 2 aromatic carbocycles. The van der Waals surface area contributed by atoms with Gasteiger partial charge in [-0.15, -0.1) is 0 Å². The highest BCUT2D eigenvalue weighted by Crippen LogP contribution is 2.34. The second kappa shape index (κ2) is 7.43. The Bertz CT molecular complexity index is 904. The van der Waals surface area contributed by atoms with Crippen molar-refractivity contribution in [3.63, 3.8) is 0 Å². The lowest BCUT2D eigenvalue weighted by atomic mass is 10.2. The molecule has 138 valence electrons. The maximum absolute atomic E-state index is 12.6. The predicted molar refractivity (Wildman–Crippen MR) is 97.0 cm³/mol. The van der Waals surface area contributed by atoms with E-state index in [2.05, 4.69) is 0 Å². The van der Waals surface area contributed by atoms with E-state index in [0.29, 0.717) is 18.8 Å². The van der Waals surface area contributed by atoms with Gasteiger partial charge in [0.15, 0.2) is 0 Å². The molecule has 26 heavy (non-hydrogen) atoms. The Morgan fingerprint density at radius 3 is 2.35 bits per heavy atom. The number of hydrogen-bond acceptors (Lipinski definition) is 5. The van der Waals surface area contributed by atoms with E-state index in [1.165, 1.54) is 16.4 Å². The Balaban J connectivity index is 1.92. The number of benzene rings is 2. The molecule has 7 nitrogen and oxygen atoms in total. The fraction of sp³-hybridized carbons (Fsp3) is 0.333. The lowest BCUT2D eigenvalue weighted by Crippen LogP contribution is -2.27. The number of sulfonamides is 1. The van der Waals surface area contributed by atoms with E-state index >= 15 is 0 Å². The van der Waals surface area contributed by atoms with E-state index in [9.17, 15) is 18.5 Å². The number of nitro benzene ring substituents is 1. The maximum Gasteiger partial charge on any atom is 0.312 e. The summed E-state index contributed by atoms with van der Waals surface area (Å²) in [6.45, 7) is 2.91. The van der Waals surface area contributed by atoms with Crippen molar-refractivity contribution in [3.05, 3.63) is 58.1 Å². The average molecular weight is 376 g/mol. The number of nitro groups is 1. The molecule has 0 saturated carbocycles. The Hall–Kier alpha value is -2.45. The van der Waals surface area contributed by atoms with Gasteiger partial charge in [-0.3, -0.25) is 10.1 Å². The third-order valence-corrected chi connectivity index (χ3v) is 6.28. The zero-order valence-corrected chi connectivity index (χ0v) is 15.2. The van der Waals surface area contributed by atoms with Crippen LogP contribution >= 0.6 is 0 Å². The van der Waals surface area contributed by atoms with Crippen LogP contribution in [-0.4, -0.2) is 30.7 Å². The van der Waals surface area contributed by atoms with Gasteiger partial charge in [-0.05, 0) is 49.1 Å². The summed E-state index contributed by atoms with van der Waals surface area (Å²) < 4.78 is 32.2. The van der Waals surface area contributed by atoms with Crippen molar-refractivity contribution in [2.75, 3.05) is 13.1 Å². The molecule has 8 heteroatoms. The standard InChI is InChI=1S/C18H20N2O5S/c1-2-14-5-7-15(8-6-14)25-18-10-9-16(13-17(18)20(21)22)26(23,24)19-11-3-4-12-19/h5-10,13H,2-4,11-12H2,1H3. The van der Waals surface area contributed by atoms with Crippen LogP contribution in [0.25, 0.3) is 0 Å². The third-order valence-electron chi connectivity index (χ3n) is 4.39. The topological polar surface area (TPSA) is 89.8 Å². The van der Waals surface area contributed by atoms with Crippen molar-refractivity contribution in [2.24, 2.45) is 0 Å². The molecule has 0 aromatic heterocycles. The molecule has 2 aromatic rings. The number of aryl methyl sites for hydroxylation is 1. The van der Waals surface area contributed by atoms with E-state index < -0.39 is 14.9 Å². The van der Waals surface area contributed by atoms with Crippen molar-refractivity contribution < 1.29 is 18.1 Å². The van der Waals surface area contributed by atoms with E-state index in [0.717, 1.165) is 30.9 Å². The van der Waals surface area contributed by atoms with Gasteiger partial charge in [0, 0.05) is 19.2 Å². The maximum atomic E-state index is 12.6.